The highest BCUT2D eigenvalue weighted by molar-refractivity contribution is 6.54. The van der Waals surface area contributed by atoms with Crippen LogP contribution in [0.5, 0.6) is 0 Å². The lowest BCUT2D eigenvalue weighted by atomic mass is 9.73. The lowest BCUT2D eigenvalue weighted by molar-refractivity contribution is -0.113. The second-order valence-corrected chi connectivity index (χ2v) is 7.72. The van der Waals surface area contributed by atoms with Crippen molar-refractivity contribution in [3.05, 3.63) is 59.3 Å². The second kappa shape index (κ2) is 9.30. The molecule has 0 radical (unpaired) electrons. The van der Waals surface area contributed by atoms with E-state index in [1.165, 1.54) is 36.5 Å². The Labute approximate surface area is 150 Å². The first-order valence-electron chi connectivity index (χ1n) is 7.96. The van der Waals surface area contributed by atoms with Gasteiger partial charge in [-0.1, -0.05) is 79.1 Å². The van der Waals surface area contributed by atoms with E-state index in [0.717, 1.165) is 5.57 Å². The smallest absolute Gasteiger partial charge is 0.188 e. The van der Waals surface area contributed by atoms with Crippen molar-refractivity contribution >= 4 is 29.0 Å². The van der Waals surface area contributed by atoms with Crippen LogP contribution in [0, 0.1) is 5.41 Å². The van der Waals surface area contributed by atoms with Crippen molar-refractivity contribution in [1.82, 2.24) is 0 Å². The van der Waals surface area contributed by atoms with Gasteiger partial charge in [0.05, 0.1) is 0 Å². The van der Waals surface area contributed by atoms with Gasteiger partial charge in [-0.05, 0) is 55.7 Å². The highest BCUT2D eigenvalue weighted by Gasteiger charge is 2.26. The molecule has 0 bridgehead atoms. The molecule has 0 aromatic heterocycles. The Morgan fingerprint density at radius 3 is 2.43 bits per heavy atom. The zero-order chi connectivity index (χ0) is 17.5. The van der Waals surface area contributed by atoms with Gasteiger partial charge in [0.15, 0.2) is 10.6 Å². The quantitative estimate of drug-likeness (QED) is 0.303. The largest absolute Gasteiger partial charge is 0.292 e. The van der Waals surface area contributed by atoms with E-state index in [1.807, 2.05) is 31.2 Å². The first-order chi connectivity index (χ1) is 10.7. The van der Waals surface area contributed by atoms with Crippen molar-refractivity contribution < 1.29 is 4.79 Å². The third-order valence-corrected chi connectivity index (χ3v) is 4.51. The highest BCUT2D eigenvalue weighted by atomic mass is 35.5. The van der Waals surface area contributed by atoms with E-state index in [1.54, 1.807) is 0 Å². The number of allylic oxidation sites excluding steroid dienone is 10. The average molecular weight is 353 g/mol. The van der Waals surface area contributed by atoms with Gasteiger partial charge in [0.1, 0.15) is 0 Å². The van der Waals surface area contributed by atoms with Crippen LogP contribution in [0.3, 0.4) is 0 Å². The lowest BCUT2D eigenvalue weighted by Gasteiger charge is -2.32. The van der Waals surface area contributed by atoms with Crippen molar-refractivity contribution in [2.75, 3.05) is 0 Å². The third kappa shape index (κ3) is 6.93. The van der Waals surface area contributed by atoms with Gasteiger partial charge in [-0.15, -0.1) is 0 Å². The molecule has 126 valence electrons. The summed E-state index contributed by atoms with van der Waals surface area (Å²) in [5.41, 5.74) is 4.04. The molecule has 0 saturated heterocycles. The molecule has 1 rings (SSSR count). The summed E-state index contributed by atoms with van der Waals surface area (Å²) < 4.78 is 0. The Morgan fingerprint density at radius 1 is 1.17 bits per heavy atom. The normalized spacial score (nSPS) is 19.7. The van der Waals surface area contributed by atoms with Crippen LogP contribution in [0.15, 0.2) is 59.3 Å². The van der Waals surface area contributed by atoms with E-state index in [2.05, 4.69) is 32.9 Å². The van der Waals surface area contributed by atoms with Crippen molar-refractivity contribution in [2.45, 2.75) is 51.8 Å². The molecule has 0 saturated carbocycles. The van der Waals surface area contributed by atoms with Crippen LogP contribution in [0.1, 0.15) is 47.0 Å². The van der Waals surface area contributed by atoms with Gasteiger partial charge < -0.3 is 0 Å². The van der Waals surface area contributed by atoms with Gasteiger partial charge >= 0.3 is 0 Å². The van der Waals surface area contributed by atoms with Gasteiger partial charge in [0.2, 0.25) is 0 Å². The number of carbonyl (C=O) groups excluding carboxylic acids is 1. The maximum absolute atomic E-state index is 11.3. The van der Waals surface area contributed by atoms with Gasteiger partial charge in [0, 0.05) is 0 Å². The fourth-order valence-electron chi connectivity index (χ4n) is 2.83. The predicted molar refractivity (Wildman–Crippen MR) is 102 cm³/mol. The molecule has 0 N–H and O–H groups in total. The molecule has 0 unspecified atom stereocenters. The fraction of sp³-hybridized carbons (Fsp3) is 0.450. The lowest BCUT2D eigenvalue weighted by Crippen LogP contribution is -2.18. The monoisotopic (exact) mass is 352 g/mol. The number of hydrogen-bond donors (Lipinski definition) is 0. The Kier molecular flexibility index (Phi) is 8.08. The number of carbonyl (C=O) groups is 1. The highest BCUT2D eigenvalue weighted by Crippen LogP contribution is 2.40. The molecule has 23 heavy (non-hydrogen) atoms. The van der Waals surface area contributed by atoms with Crippen molar-refractivity contribution in [3.63, 3.8) is 0 Å². The van der Waals surface area contributed by atoms with Crippen LogP contribution in [-0.4, -0.2) is 10.6 Å². The van der Waals surface area contributed by atoms with Crippen LogP contribution >= 0.6 is 23.2 Å². The van der Waals surface area contributed by atoms with Crippen molar-refractivity contribution in [2.24, 2.45) is 5.41 Å². The maximum Gasteiger partial charge on any atom is 0.188 e. The van der Waals surface area contributed by atoms with E-state index >= 15 is 0 Å². The van der Waals surface area contributed by atoms with Crippen molar-refractivity contribution in [3.8, 4) is 0 Å². The van der Waals surface area contributed by atoms with Gasteiger partial charge in [-0.2, -0.15) is 0 Å². The number of rotatable bonds is 6. The van der Waals surface area contributed by atoms with E-state index < -0.39 is 4.84 Å². The van der Waals surface area contributed by atoms with E-state index in [9.17, 15) is 4.79 Å². The summed E-state index contributed by atoms with van der Waals surface area (Å²) in [5.74, 6) is -0.290. The molecule has 0 aliphatic heterocycles. The number of ketones is 1. The van der Waals surface area contributed by atoms with Crippen LogP contribution in [0.25, 0.3) is 0 Å². The molecule has 1 nitrogen and oxygen atoms in total. The van der Waals surface area contributed by atoms with E-state index in [4.69, 9.17) is 23.2 Å². The Balaban J connectivity index is 2.63. The zero-order valence-electron chi connectivity index (χ0n) is 14.4. The molecular weight excluding hydrogens is 327 g/mol. The number of hydrogen-bond acceptors (Lipinski definition) is 1. The van der Waals surface area contributed by atoms with Crippen LogP contribution < -0.4 is 0 Å². The van der Waals surface area contributed by atoms with Gasteiger partial charge in [-0.25, -0.2) is 0 Å². The van der Waals surface area contributed by atoms with E-state index in [0.29, 0.717) is 0 Å². The summed E-state index contributed by atoms with van der Waals surface area (Å²) >= 11 is 11.0. The van der Waals surface area contributed by atoms with E-state index in [-0.39, 0.29) is 11.2 Å². The summed E-state index contributed by atoms with van der Waals surface area (Å²) in [7, 11) is 0. The van der Waals surface area contributed by atoms with Crippen LogP contribution in [0.2, 0.25) is 0 Å². The average Bonchev–Trinajstić information content (AvgIpc) is 2.44. The standard InChI is InChI=1S/C20H26Cl2O/c1-15(14-18(23)19(21)22)10-7-5-6-8-12-17-16(2)11-9-13-20(17,3)4/h5-8,10,12,14,19H,9,11,13H2,1-4H3/b6-5+,10-7+,12-8+,15-14+. The molecule has 0 fully saturated rings. The summed E-state index contributed by atoms with van der Waals surface area (Å²) in [4.78, 5) is 10.4. The molecule has 0 aromatic carbocycles. The Morgan fingerprint density at radius 2 is 1.83 bits per heavy atom. The first-order valence-corrected chi connectivity index (χ1v) is 8.83. The molecule has 0 aromatic rings. The summed E-state index contributed by atoms with van der Waals surface area (Å²) in [6, 6.07) is 0. The Hall–Kier alpha value is -1.05. The SMILES string of the molecule is CC1=C(/C=C/C=C/C=C/C(C)=C/C(=O)C(Cl)Cl)C(C)(C)CCC1. The molecule has 0 amide bonds. The summed E-state index contributed by atoms with van der Waals surface area (Å²) in [5, 5.41) is 0. The van der Waals surface area contributed by atoms with Crippen LogP contribution in [0.4, 0.5) is 0 Å². The van der Waals surface area contributed by atoms with Gasteiger partial charge in [0.25, 0.3) is 0 Å². The third-order valence-electron chi connectivity index (χ3n) is 4.08. The minimum atomic E-state index is -0.993. The summed E-state index contributed by atoms with van der Waals surface area (Å²) in [6.07, 6.45) is 17.2. The molecule has 0 heterocycles. The Bertz CT molecular complexity index is 572. The topological polar surface area (TPSA) is 17.1 Å². The molecular formula is C20H26Cl2O. The second-order valence-electron chi connectivity index (χ2n) is 6.63. The molecule has 0 atom stereocenters. The molecule has 1 aliphatic rings. The first kappa shape index (κ1) is 20.0. The molecule has 0 spiro atoms. The zero-order valence-corrected chi connectivity index (χ0v) is 15.9. The minimum Gasteiger partial charge on any atom is -0.292 e. The fourth-order valence-corrected chi connectivity index (χ4v) is 2.96. The van der Waals surface area contributed by atoms with Crippen molar-refractivity contribution in [1.29, 1.82) is 0 Å². The number of alkyl halides is 2. The summed E-state index contributed by atoms with van der Waals surface area (Å²) in [6.45, 7) is 8.69. The molecule has 1 aliphatic carbocycles. The number of halogens is 2. The maximum atomic E-state index is 11.3. The van der Waals surface area contributed by atoms with Gasteiger partial charge in [-0.3, -0.25) is 4.79 Å². The van der Waals surface area contributed by atoms with Crippen LogP contribution in [-0.2, 0) is 4.79 Å². The minimum absolute atomic E-state index is 0.266. The molecule has 3 heteroatoms. The predicted octanol–water partition coefficient (Wildman–Crippen LogP) is 6.50.